The highest BCUT2D eigenvalue weighted by Crippen LogP contribution is 2.36. The summed E-state index contributed by atoms with van der Waals surface area (Å²) in [6.45, 7) is 10.6. The molecule has 0 spiro atoms. The van der Waals surface area contributed by atoms with E-state index in [2.05, 4.69) is 72.8 Å². The molecule has 1 aromatic rings. The molecule has 3 nitrogen and oxygen atoms in total. The molecule has 0 amide bonds. The van der Waals surface area contributed by atoms with E-state index in [-0.39, 0.29) is 18.3 Å². The van der Waals surface area contributed by atoms with E-state index in [0.717, 1.165) is 18.6 Å². The second kappa shape index (κ2) is 5.84. The first-order valence-electron chi connectivity index (χ1n) is 8.13. The number of hydrogen-bond acceptors (Lipinski definition) is 3. The van der Waals surface area contributed by atoms with Crippen LogP contribution in [0.5, 0.6) is 0 Å². The summed E-state index contributed by atoms with van der Waals surface area (Å²) < 4.78 is 12.2. The number of nitrogens with zero attached hydrogens (tertiary/aromatic N) is 1. The maximum atomic E-state index is 6.11. The van der Waals surface area contributed by atoms with E-state index >= 15 is 0 Å². The van der Waals surface area contributed by atoms with E-state index in [0.29, 0.717) is 4.83 Å². The fourth-order valence-electron chi connectivity index (χ4n) is 2.93. The molecule has 0 atom stereocenters. The maximum absolute atomic E-state index is 6.11. The third kappa shape index (κ3) is 3.08. The van der Waals surface area contributed by atoms with Crippen LogP contribution >= 0.6 is 15.9 Å². The van der Waals surface area contributed by atoms with Crippen LogP contribution in [0.15, 0.2) is 24.3 Å². The number of rotatable bonds is 2. The fraction of sp³-hybridized carbons (Fsp3) is 0.647. The van der Waals surface area contributed by atoms with E-state index in [9.17, 15) is 0 Å². The lowest BCUT2D eigenvalue weighted by atomic mass is 9.79. The van der Waals surface area contributed by atoms with Crippen LogP contribution in [0.1, 0.15) is 40.5 Å². The van der Waals surface area contributed by atoms with Crippen LogP contribution in [0.2, 0.25) is 0 Å². The van der Waals surface area contributed by atoms with Crippen molar-refractivity contribution in [2.24, 2.45) is 0 Å². The van der Waals surface area contributed by atoms with Gasteiger partial charge >= 0.3 is 7.12 Å². The molecule has 0 radical (unpaired) electrons. The molecule has 3 rings (SSSR count). The summed E-state index contributed by atoms with van der Waals surface area (Å²) in [7, 11) is -0.271. The molecule has 2 fully saturated rings. The van der Waals surface area contributed by atoms with Crippen molar-refractivity contribution in [2.75, 3.05) is 18.0 Å². The minimum Gasteiger partial charge on any atom is -0.399 e. The number of alkyl halides is 1. The van der Waals surface area contributed by atoms with Crippen LogP contribution in [0.4, 0.5) is 5.69 Å². The van der Waals surface area contributed by atoms with Gasteiger partial charge in [-0.1, -0.05) is 28.1 Å². The predicted octanol–water partition coefficient (Wildman–Crippen LogP) is 3.35. The van der Waals surface area contributed by atoms with Crippen molar-refractivity contribution in [1.82, 2.24) is 0 Å². The highest BCUT2D eigenvalue weighted by molar-refractivity contribution is 9.09. The van der Waals surface area contributed by atoms with Gasteiger partial charge in [0, 0.05) is 23.6 Å². The smallest absolute Gasteiger partial charge is 0.399 e. The Morgan fingerprint density at radius 1 is 1.00 bits per heavy atom. The quantitative estimate of drug-likeness (QED) is 0.592. The van der Waals surface area contributed by atoms with Crippen molar-refractivity contribution < 1.29 is 9.31 Å². The Morgan fingerprint density at radius 3 is 2.00 bits per heavy atom. The molecule has 120 valence electrons. The van der Waals surface area contributed by atoms with Crippen LogP contribution in [-0.4, -0.2) is 36.2 Å². The predicted molar refractivity (Wildman–Crippen MR) is 96.3 cm³/mol. The molecule has 0 N–H and O–H groups in total. The standard InChI is InChI=1S/C17H25BBrNO2/c1-16(2)17(3,4)22-18(21-16)13-5-7-15(8-6-13)20-11-9-14(19)10-12-20/h5-8,14H,9-12H2,1-4H3. The topological polar surface area (TPSA) is 21.7 Å². The first-order valence-corrected chi connectivity index (χ1v) is 9.05. The second-order valence-corrected chi connectivity index (χ2v) is 8.64. The Balaban J connectivity index is 1.70. The maximum Gasteiger partial charge on any atom is 0.494 e. The molecule has 0 bridgehead atoms. The van der Waals surface area contributed by atoms with Gasteiger partial charge in [0.1, 0.15) is 0 Å². The fourth-order valence-corrected chi connectivity index (χ4v) is 3.34. The van der Waals surface area contributed by atoms with Crippen molar-refractivity contribution in [3.8, 4) is 0 Å². The lowest BCUT2D eigenvalue weighted by molar-refractivity contribution is 0.00578. The zero-order chi connectivity index (χ0) is 16.0. The van der Waals surface area contributed by atoms with Crippen molar-refractivity contribution in [1.29, 1.82) is 0 Å². The monoisotopic (exact) mass is 365 g/mol. The average Bonchev–Trinajstić information content (AvgIpc) is 2.68. The first kappa shape index (κ1) is 16.3. The first-order chi connectivity index (χ1) is 10.3. The molecule has 1 aromatic carbocycles. The van der Waals surface area contributed by atoms with Gasteiger partial charge in [0.05, 0.1) is 11.2 Å². The van der Waals surface area contributed by atoms with Crippen LogP contribution in [0, 0.1) is 0 Å². The van der Waals surface area contributed by atoms with Gasteiger partial charge in [-0.3, -0.25) is 0 Å². The van der Waals surface area contributed by atoms with Crippen molar-refractivity contribution in [2.45, 2.75) is 56.6 Å². The number of halogens is 1. The second-order valence-electron chi connectivity index (χ2n) is 7.34. The summed E-state index contributed by atoms with van der Waals surface area (Å²) in [5.74, 6) is 0. The zero-order valence-electron chi connectivity index (χ0n) is 13.9. The van der Waals surface area contributed by atoms with Gasteiger partial charge in [0.2, 0.25) is 0 Å². The SMILES string of the molecule is CC1(C)OB(c2ccc(N3CCC(Br)CC3)cc2)OC1(C)C. The Bertz CT molecular complexity index is 508. The molecule has 0 unspecified atom stereocenters. The van der Waals surface area contributed by atoms with E-state index in [1.165, 1.54) is 18.5 Å². The minimum atomic E-state index is -0.284. The third-order valence-electron chi connectivity index (χ3n) is 5.21. The molecule has 22 heavy (non-hydrogen) atoms. The van der Waals surface area contributed by atoms with E-state index < -0.39 is 0 Å². The summed E-state index contributed by atoms with van der Waals surface area (Å²) in [4.78, 5) is 3.12. The largest absolute Gasteiger partial charge is 0.494 e. The minimum absolute atomic E-state index is 0.271. The van der Waals surface area contributed by atoms with Gasteiger partial charge in [0.15, 0.2) is 0 Å². The Labute approximate surface area is 142 Å². The molecule has 5 heteroatoms. The van der Waals surface area contributed by atoms with Gasteiger partial charge in [-0.25, -0.2) is 0 Å². The van der Waals surface area contributed by atoms with E-state index in [4.69, 9.17) is 9.31 Å². The summed E-state index contributed by atoms with van der Waals surface area (Å²) >= 11 is 3.71. The van der Waals surface area contributed by atoms with Crippen molar-refractivity contribution >= 4 is 34.2 Å². The van der Waals surface area contributed by atoms with Gasteiger partial charge in [-0.2, -0.15) is 0 Å². The normalized spacial score (nSPS) is 24.8. The van der Waals surface area contributed by atoms with Crippen molar-refractivity contribution in [3.05, 3.63) is 24.3 Å². The number of hydrogen-bond donors (Lipinski definition) is 0. The van der Waals surface area contributed by atoms with Crippen LogP contribution in [-0.2, 0) is 9.31 Å². The average molecular weight is 366 g/mol. The molecule has 2 aliphatic rings. The Kier molecular flexibility index (Phi) is 4.34. The van der Waals surface area contributed by atoms with Gasteiger partial charge < -0.3 is 14.2 Å². The summed E-state index contributed by atoms with van der Waals surface area (Å²) in [5, 5.41) is 0. The van der Waals surface area contributed by atoms with Crippen molar-refractivity contribution in [3.63, 3.8) is 0 Å². The third-order valence-corrected chi connectivity index (χ3v) is 6.12. The number of anilines is 1. The highest BCUT2D eigenvalue weighted by atomic mass is 79.9. The molecule has 0 aliphatic carbocycles. The molecule has 2 aliphatic heterocycles. The van der Waals surface area contributed by atoms with Gasteiger partial charge in [-0.05, 0) is 58.1 Å². The van der Waals surface area contributed by atoms with Crippen LogP contribution in [0.3, 0.4) is 0 Å². The molecule has 2 saturated heterocycles. The lowest BCUT2D eigenvalue weighted by Gasteiger charge is -2.32. The molecule has 2 heterocycles. The van der Waals surface area contributed by atoms with Gasteiger partial charge in [0.25, 0.3) is 0 Å². The highest BCUT2D eigenvalue weighted by Gasteiger charge is 2.51. The molecule has 0 aromatic heterocycles. The zero-order valence-corrected chi connectivity index (χ0v) is 15.5. The number of piperidine rings is 1. The molecule has 0 saturated carbocycles. The molecular formula is C17H25BBrNO2. The van der Waals surface area contributed by atoms with E-state index in [1.807, 2.05) is 0 Å². The van der Waals surface area contributed by atoms with Gasteiger partial charge in [-0.15, -0.1) is 0 Å². The Morgan fingerprint density at radius 2 is 1.50 bits per heavy atom. The summed E-state index contributed by atoms with van der Waals surface area (Å²) in [6.07, 6.45) is 2.41. The van der Waals surface area contributed by atoms with Crippen LogP contribution < -0.4 is 10.4 Å². The lowest BCUT2D eigenvalue weighted by Crippen LogP contribution is -2.41. The number of benzene rings is 1. The summed E-state index contributed by atoms with van der Waals surface area (Å²) in [6, 6.07) is 8.65. The summed E-state index contributed by atoms with van der Waals surface area (Å²) in [5.41, 5.74) is 1.82. The Hall–Kier alpha value is -0.515. The van der Waals surface area contributed by atoms with Crippen LogP contribution in [0.25, 0.3) is 0 Å². The molecular weight excluding hydrogens is 341 g/mol. The van der Waals surface area contributed by atoms with E-state index in [1.54, 1.807) is 0 Å².